The lowest BCUT2D eigenvalue weighted by molar-refractivity contribution is -0.132. The number of para-hydroxylation sites is 1. The lowest BCUT2D eigenvalue weighted by Crippen LogP contribution is -2.29. The number of nitrogens with zero attached hydrogens (tertiary/aromatic N) is 1. The van der Waals surface area contributed by atoms with Crippen molar-refractivity contribution in [2.75, 3.05) is 12.0 Å². The summed E-state index contributed by atoms with van der Waals surface area (Å²) in [6.07, 6.45) is 0. The molecule has 1 amide bonds. The standard InChI is InChI=1S/C24H21NO5/c1-14-9-11-18(29-3)17(13-14)22(26)20-21(19-12-10-15(2)30-19)25(24(28)23(20)27)16-7-5-4-6-8-16/h4-13,21,26H,1-3H3/b22-20+. The highest BCUT2D eigenvalue weighted by Crippen LogP contribution is 2.43. The van der Waals surface area contributed by atoms with E-state index < -0.39 is 17.7 Å². The van der Waals surface area contributed by atoms with Crippen molar-refractivity contribution in [3.63, 3.8) is 0 Å². The van der Waals surface area contributed by atoms with Crippen LogP contribution in [-0.2, 0) is 9.59 Å². The van der Waals surface area contributed by atoms with Gasteiger partial charge in [-0.3, -0.25) is 14.5 Å². The van der Waals surface area contributed by atoms with Gasteiger partial charge in [-0.2, -0.15) is 0 Å². The minimum atomic E-state index is -0.897. The van der Waals surface area contributed by atoms with Crippen molar-refractivity contribution in [3.05, 3.63) is 88.9 Å². The second kappa shape index (κ2) is 7.55. The van der Waals surface area contributed by atoms with Crippen LogP contribution in [0.4, 0.5) is 5.69 Å². The van der Waals surface area contributed by atoms with E-state index in [-0.39, 0.29) is 11.3 Å². The van der Waals surface area contributed by atoms with Gasteiger partial charge in [-0.15, -0.1) is 0 Å². The number of rotatable bonds is 4. The molecule has 1 aliphatic rings. The molecular formula is C24H21NO5. The van der Waals surface area contributed by atoms with Crippen LogP contribution in [-0.4, -0.2) is 23.9 Å². The number of aliphatic hydroxyl groups is 1. The Morgan fingerprint density at radius 2 is 1.77 bits per heavy atom. The third kappa shape index (κ3) is 3.16. The first kappa shape index (κ1) is 19.5. The van der Waals surface area contributed by atoms with Crippen LogP contribution in [0.25, 0.3) is 5.76 Å². The molecule has 0 aliphatic carbocycles. The normalized spacial score (nSPS) is 18.1. The molecule has 0 bridgehead atoms. The maximum Gasteiger partial charge on any atom is 0.300 e. The maximum absolute atomic E-state index is 13.1. The smallest absolute Gasteiger partial charge is 0.300 e. The van der Waals surface area contributed by atoms with E-state index in [2.05, 4.69) is 0 Å². The quantitative estimate of drug-likeness (QED) is 0.393. The average molecular weight is 403 g/mol. The summed E-state index contributed by atoms with van der Waals surface area (Å²) in [6, 6.07) is 16.7. The molecular weight excluding hydrogens is 382 g/mol. The topological polar surface area (TPSA) is 80.0 Å². The Hall–Kier alpha value is -3.80. The average Bonchev–Trinajstić information content (AvgIpc) is 3.29. The highest BCUT2D eigenvalue weighted by molar-refractivity contribution is 6.51. The number of amides is 1. The van der Waals surface area contributed by atoms with Gasteiger partial charge in [0.25, 0.3) is 11.7 Å². The summed E-state index contributed by atoms with van der Waals surface area (Å²) in [4.78, 5) is 27.5. The molecule has 1 saturated heterocycles. The minimum absolute atomic E-state index is 0.0397. The molecule has 0 radical (unpaired) electrons. The first-order chi connectivity index (χ1) is 14.4. The molecule has 0 spiro atoms. The Bertz CT molecular complexity index is 1160. The zero-order valence-corrected chi connectivity index (χ0v) is 16.9. The van der Waals surface area contributed by atoms with Gasteiger partial charge in [0.05, 0.1) is 18.2 Å². The number of furan rings is 1. The summed E-state index contributed by atoms with van der Waals surface area (Å²) < 4.78 is 11.2. The number of hydrogen-bond donors (Lipinski definition) is 1. The molecule has 1 N–H and O–H groups in total. The number of ketones is 1. The third-order valence-corrected chi connectivity index (χ3v) is 5.12. The number of carbonyl (C=O) groups excluding carboxylic acids is 2. The number of benzene rings is 2. The van der Waals surface area contributed by atoms with Crippen molar-refractivity contribution in [2.45, 2.75) is 19.9 Å². The van der Waals surface area contributed by atoms with E-state index in [1.54, 1.807) is 55.5 Å². The van der Waals surface area contributed by atoms with Crippen LogP contribution in [0.3, 0.4) is 0 Å². The zero-order valence-electron chi connectivity index (χ0n) is 16.9. The van der Waals surface area contributed by atoms with Gasteiger partial charge in [0.1, 0.15) is 29.1 Å². The summed E-state index contributed by atoms with van der Waals surface area (Å²) in [6.45, 7) is 3.65. The van der Waals surface area contributed by atoms with Crippen molar-refractivity contribution in [1.29, 1.82) is 0 Å². The number of Topliss-reactive ketones (excluding diaryl/α,β-unsaturated/α-hetero) is 1. The summed E-state index contributed by atoms with van der Waals surface area (Å²) in [5.41, 5.74) is 1.72. The van der Waals surface area contributed by atoms with E-state index in [0.29, 0.717) is 28.5 Å². The van der Waals surface area contributed by atoms with E-state index >= 15 is 0 Å². The molecule has 6 nitrogen and oxygen atoms in total. The first-order valence-electron chi connectivity index (χ1n) is 9.49. The highest BCUT2D eigenvalue weighted by atomic mass is 16.5. The number of aliphatic hydroxyl groups excluding tert-OH is 1. The van der Waals surface area contributed by atoms with Crippen molar-refractivity contribution < 1.29 is 23.8 Å². The molecule has 1 fully saturated rings. The Kier molecular flexibility index (Phi) is 4.91. The van der Waals surface area contributed by atoms with Crippen LogP contribution in [0, 0.1) is 13.8 Å². The van der Waals surface area contributed by atoms with E-state index in [1.807, 2.05) is 19.1 Å². The number of anilines is 1. The second-order valence-electron chi connectivity index (χ2n) is 7.16. The van der Waals surface area contributed by atoms with Crippen LogP contribution in [0.1, 0.15) is 28.7 Å². The number of methoxy groups -OCH3 is 1. The number of carbonyl (C=O) groups is 2. The van der Waals surface area contributed by atoms with Crippen LogP contribution in [0.5, 0.6) is 5.75 Å². The number of ether oxygens (including phenoxy) is 1. The van der Waals surface area contributed by atoms with Gasteiger partial charge in [-0.1, -0.05) is 29.8 Å². The molecule has 1 atom stereocenters. The highest BCUT2D eigenvalue weighted by Gasteiger charge is 2.48. The molecule has 1 aliphatic heterocycles. The van der Waals surface area contributed by atoms with Crippen LogP contribution >= 0.6 is 0 Å². The lowest BCUT2D eigenvalue weighted by Gasteiger charge is -2.23. The van der Waals surface area contributed by atoms with Crippen molar-refractivity contribution >= 4 is 23.1 Å². The van der Waals surface area contributed by atoms with Crippen LogP contribution in [0.2, 0.25) is 0 Å². The fourth-order valence-electron chi connectivity index (χ4n) is 3.71. The van der Waals surface area contributed by atoms with Gasteiger partial charge in [-0.05, 0) is 50.2 Å². The summed E-state index contributed by atoms with van der Waals surface area (Å²) in [5.74, 6) is -0.377. The Labute approximate surface area is 174 Å². The minimum Gasteiger partial charge on any atom is -0.507 e. The Morgan fingerprint density at radius 3 is 2.40 bits per heavy atom. The predicted molar refractivity (Wildman–Crippen MR) is 112 cm³/mol. The molecule has 30 heavy (non-hydrogen) atoms. The molecule has 152 valence electrons. The van der Waals surface area contributed by atoms with Gasteiger partial charge in [0.15, 0.2) is 0 Å². The van der Waals surface area contributed by atoms with Gasteiger partial charge in [0, 0.05) is 5.69 Å². The lowest BCUT2D eigenvalue weighted by atomic mass is 9.97. The molecule has 4 rings (SSSR count). The molecule has 1 aromatic heterocycles. The maximum atomic E-state index is 13.1. The van der Waals surface area contributed by atoms with Crippen molar-refractivity contribution in [3.8, 4) is 5.75 Å². The molecule has 3 aromatic rings. The molecule has 0 saturated carbocycles. The summed E-state index contributed by atoms with van der Waals surface area (Å²) in [7, 11) is 1.48. The van der Waals surface area contributed by atoms with E-state index in [9.17, 15) is 14.7 Å². The third-order valence-electron chi connectivity index (χ3n) is 5.12. The van der Waals surface area contributed by atoms with Gasteiger partial charge in [-0.25, -0.2) is 0 Å². The molecule has 2 aromatic carbocycles. The molecule has 2 heterocycles. The fraction of sp³-hybridized carbons (Fsp3) is 0.167. The molecule has 6 heteroatoms. The summed E-state index contributed by atoms with van der Waals surface area (Å²) >= 11 is 0. The van der Waals surface area contributed by atoms with E-state index in [4.69, 9.17) is 9.15 Å². The van der Waals surface area contributed by atoms with Crippen molar-refractivity contribution in [1.82, 2.24) is 0 Å². The summed E-state index contributed by atoms with van der Waals surface area (Å²) in [5, 5.41) is 11.2. The number of hydrogen-bond acceptors (Lipinski definition) is 5. The second-order valence-corrected chi connectivity index (χ2v) is 7.16. The van der Waals surface area contributed by atoms with Crippen molar-refractivity contribution in [2.24, 2.45) is 0 Å². The number of aryl methyl sites for hydroxylation is 2. The zero-order chi connectivity index (χ0) is 21.4. The van der Waals surface area contributed by atoms with E-state index in [0.717, 1.165) is 5.56 Å². The largest absolute Gasteiger partial charge is 0.507 e. The SMILES string of the molecule is COc1ccc(C)cc1/C(O)=C1\C(=O)C(=O)N(c2ccccc2)C1c1ccc(C)o1. The Morgan fingerprint density at radius 1 is 1.03 bits per heavy atom. The van der Waals surface area contributed by atoms with E-state index in [1.165, 1.54) is 12.0 Å². The molecule has 1 unspecified atom stereocenters. The fourth-order valence-corrected chi connectivity index (χ4v) is 3.71. The van der Waals surface area contributed by atoms with Gasteiger partial charge >= 0.3 is 0 Å². The monoisotopic (exact) mass is 403 g/mol. The van der Waals surface area contributed by atoms with Gasteiger partial charge in [0.2, 0.25) is 0 Å². The van der Waals surface area contributed by atoms with Crippen LogP contribution in [0.15, 0.2) is 70.7 Å². The van der Waals surface area contributed by atoms with Gasteiger partial charge < -0.3 is 14.3 Å². The first-order valence-corrected chi connectivity index (χ1v) is 9.49. The Balaban J connectivity index is 1.98. The predicted octanol–water partition coefficient (Wildman–Crippen LogP) is 4.53. The van der Waals surface area contributed by atoms with Crippen LogP contribution < -0.4 is 9.64 Å².